The topological polar surface area (TPSA) is 49.6 Å². The van der Waals surface area contributed by atoms with Crippen LogP contribution in [0, 0.1) is 0 Å². The number of urea groups is 1. The van der Waals surface area contributed by atoms with Crippen LogP contribution in [-0.2, 0) is 0 Å². The Kier molecular flexibility index (Phi) is 2.40. The zero-order chi connectivity index (χ0) is 9.26. The number of nitrogens with two attached hydrogens (primary N) is 1. The third-order valence-electron chi connectivity index (χ3n) is 3.22. The number of nitrogens with zero attached hydrogens (tertiary/aromatic N) is 2. The maximum absolute atomic E-state index is 10.8. The number of amides is 2. The molecule has 0 spiro atoms. The summed E-state index contributed by atoms with van der Waals surface area (Å²) in [5, 5.41) is 0. The van der Waals surface area contributed by atoms with Gasteiger partial charge >= 0.3 is 6.03 Å². The molecule has 1 heterocycles. The van der Waals surface area contributed by atoms with Gasteiger partial charge in [0.1, 0.15) is 0 Å². The highest BCUT2D eigenvalue weighted by Gasteiger charge is 2.28. The van der Waals surface area contributed by atoms with Crippen LogP contribution in [0.3, 0.4) is 0 Å². The average Bonchev–Trinajstić information content (AvgIpc) is 2.02. The molecule has 1 aliphatic heterocycles. The highest BCUT2D eigenvalue weighted by Crippen LogP contribution is 2.25. The lowest BCUT2D eigenvalue weighted by Crippen LogP contribution is -2.54. The molecule has 2 N–H and O–H groups in total. The molecule has 1 aliphatic carbocycles. The zero-order valence-corrected chi connectivity index (χ0v) is 7.91. The van der Waals surface area contributed by atoms with Gasteiger partial charge in [0.25, 0.3) is 0 Å². The number of hydrogen-bond acceptors (Lipinski definition) is 2. The number of primary amides is 1. The number of carbonyl (C=O) groups is 1. The fourth-order valence-corrected chi connectivity index (χ4v) is 2.06. The van der Waals surface area contributed by atoms with Crippen molar-refractivity contribution in [3.05, 3.63) is 0 Å². The SMILES string of the molecule is NC(=O)N1CCN(C2CCC2)CC1. The molecule has 0 atom stereocenters. The van der Waals surface area contributed by atoms with E-state index in [4.69, 9.17) is 5.73 Å². The van der Waals surface area contributed by atoms with Crippen LogP contribution in [0.2, 0.25) is 0 Å². The van der Waals surface area contributed by atoms with E-state index in [9.17, 15) is 4.79 Å². The molecular formula is C9H17N3O. The molecule has 2 aliphatic rings. The molecule has 0 aromatic rings. The first-order valence-corrected chi connectivity index (χ1v) is 5.06. The van der Waals surface area contributed by atoms with Crippen LogP contribution < -0.4 is 5.73 Å². The highest BCUT2D eigenvalue weighted by molar-refractivity contribution is 5.72. The first-order chi connectivity index (χ1) is 6.27. The number of piperazine rings is 1. The Balaban J connectivity index is 1.78. The van der Waals surface area contributed by atoms with Gasteiger partial charge in [-0.15, -0.1) is 0 Å². The molecule has 2 amide bonds. The van der Waals surface area contributed by atoms with E-state index in [0.717, 1.165) is 32.2 Å². The molecule has 0 radical (unpaired) electrons. The van der Waals surface area contributed by atoms with Gasteiger partial charge in [0.15, 0.2) is 0 Å². The van der Waals surface area contributed by atoms with Crippen LogP contribution in [-0.4, -0.2) is 48.1 Å². The molecular weight excluding hydrogens is 166 g/mol. The van der Waals surface area contributed by atoms with E-state index >= 15 is 0 Å². The Morgan fingerprint density at radius 2 is 1.77 bits per heavy atom. The Labute approximate surface area is 78.7 Å². The van der Waals surface area contributed by atoms with E-state index in [1.807, 2.05) is 0 Å². The van der Waals surface area contributed by atoms with Crippen molar-refractivity contribution in [2.24, 2.45) is 5.73 Å². The Bertz CT molecular complexity index is 195. The first-order valence-electron chi connectivity index (χ1n) is 5.06. The summed E-state index contributed by atoms with van der Waals surface area (Å²) in [6, 6.07) is 0.531. The van der Waals surface area contributed by atoms with Crippen LogP contribution >= 0.6 is 0 Å². The maximum Gasteiger partial charge on any atom is 0.314 e. The number of hydrogen-bond donors (Lipinski definition) is 1. The predicted octanol–water partition coefficient (Wildman–Crippen LogP) is 0.235. The lowest BCUT2D eigenvalue weighted by Gasteiger charge is -2.42. The first kappa shape index (κ1) is 8.81. The van der Waals surface area contributed by atoms with Gasteiger partial charge in [-0.3, -0.25) is 4.90 Å². The van der Waals surface area contributed by atoms with Crippen molar-refractivity contribution in [1.82, 2.24) is 9.80 Å². The fourth-order valence-electron chi connectivity index (χ4n) is 2.06. The average molecular weight is 183 g/mol. The largest absolute Gasteiger partial charge is 0.351 e. The molecule has 4 heteroatoms. The third kappa shape index (κ3) is 1.77. The fraction of sp³-hybridized carbons (Fsp3) is 0.889. The molecule has 1 saturated carbocycles. The summed E-state index contributed by atoms with van der Waals surface area (Å²) in [4.78, 5) is 15.1. The van der Waals surface area contributed by atoms with Crippen LogP contribution in [0.25, 0.3) is 0 Å². The Morgan fingerprint density at radius 3 is 2.15 bits per heavy atom. The molecule has 0 unspecified atom stereocenters. The van der Waals surface area contributed by atoms with Gasteiger partial charge in [-0.1, -0.05) is 6.42 Å². The summed E-state index contributed by atoms with van der Waals surface area (Å²) in [6.07, 6.45) is 4.06. The second kappa shape index (κ2) is 3.54. The van der Waals surface area contributed by atoms with Crippen molar-refractivity contribution in [2.45, 2.75) is 25.3 Å². The molecule has 2 fully saturated rings. The molecule has 13 heavy (non-hydrogen) atoms. The summed E-state index contributed by atoms with van der Waals surface area (Å²) >= 11 is 0. The van der Waals surface area contributed by atoms with E-state index in [1.54, 1.807) is 4.90 Å². The second-order valence-electron chi connectivity index (χ2n) is 3.95. The van der Waals surface area contributed by atoms with Crippen LogP contribution in [0.1, 0.15) is 19.3 Å². The molecule has 1 saturated heterocycles. The van der Waals surface area contributed by atoms with Gasteiger partial charge in [-0.2, -0.15) is 0 Å². The monoisotopic (exact) mass is 183 g/mol. The second-order valence-corrected chi connectivity index (χ2v) is 3.95. The number of carbonyl (C=O) groups excluding carboxylic acids is 1. The minimum absolute atomic E-state index is 0.270. The van der Waals surface area contributed by atoms with E-state index in [2.05, 4.69) is 4.90 Å². The van der Waals surface area contributed by atoms with Gasteiger partial charge in [0, 0.05) is 32.2 Å². The minimum atomic E-state index is -0.270. The molecule has 2 rings (SSSR count). The van der Waals surface area contributed by atoms with Crippen molar-refractivity contribution in [1.29, 1.82) is 0 Å². The van der Waals surface area contributed by atoms with E-state index in [0.29, 0.717) is 0 Å². The molecule has 4 nitrogen and oxygen atoms in total. The van der Waals surface area contributed by atoms with Crippen molar-refractivity contribution in [2.75, 3.05) is 26.2 Å². The van der Waals surface area contributed by atoms with Crippen molar-refractivity contribution < 1.29 is 4.79 Å². The molecule has 0 aromatic carbocycles. The van der Waals surface area contributed by atoms with E-state index < -0.39 is 0 Å². The van der Waals surface area contributed by atoms with E-state index in [-0.39, 0.29) is 6.03 Å². The van der Waals surface area contributed by atoms with Crippen molar-refractivity contribution >= 4 is 6.03 Å². The highest BCUT2D eigenvalue weighted by atomic mass is 16.2. The summed E-state index contributed by atoms with van der Waals surface area (Å²) in [6.45, 7) is 3.64. The van der Waals surface area contributed by atoms with Gasteiger partial charge in [0.2, 0.25) is 0 Å². The van der Waals surface area contributed by atoms with E-state index in [1.165, 1.54) is 19.3 Å². The van der Waals surface area contributed by atoms with Gasteiger partial charge in [-0.25, -0.2) is 4.79 Å². The standard InChI is InChI=1S/C9H17N3O/c10-9(13)12-6-4-11(5-7-12)8-2-1-3-8/h8H,1-7H2,(H2,10,13). The van der Waals surface area contributed by atoms with Gasteiger partial charge in [0.05, 0.1) is 0 Å². The normalized spacial score (nSPS) is 25.7. The van der Waals surface area contributed by atoms with Crippen molar-refractivity contribution in [3.63, 3.8) is 0 Å². The summed E-state index contributed by atoms with van der Waals surface area (Å²) in [7, 11) is 0. The molecule has 74 valence electrons. The Morgan fingerprint density at radius 1 is 1.15 bits per heavy atom. The summed E-state index contributed by atoms with van der Waals surface area (Å²) < 4.78 is 0. The third-order valence-corrected chi connectivity index (χ3v) is 3.22. The summed E-state index contributed by atoms with van der Waals surface area (Å²) in [5.41, 5.74) is 5.20. The zero-order valence-electron chi connectivity index (χ0n) is 7.91. The molecule has 0 aromatic heterocycles. The summed E-state index contributed by atoms with van der Waals surface area (Å²) in [5.74, 6) is 0. The van der Waals surface area contributed by atoms with Crippen molar-refractivity contribution in [3.8, 4) is 0 Å². The lowest BCUT2D eigenvalue weighted by atomic mass is 9.91. The van der Waals surface area contributed by atoms with Crippen LogP contribution in [0.5, 0.6) is 0 Å². The van der Waals surface area contributed by atoms with Gasteiger partial charge < -0.3 is 10.6 Å². The quantitative estimate of drug-likeness (QED) is 0.633. The lowest BCUT2D eigenvalue weighted by molar-refractivity contribution is 0.0749. The molecule has 0 bridgehead atoms. The Hall–Kier alpha value is -0.770. The number of rotatable bonds is 1. The maximum atomic E-state index is 10.8. The van der Waals surface area contributed by atoms with Crippen LogP contribution in [0.4, 0.5) is 4.79 Å². The smallest absolute Gasteiger partial charge is 0.314 e. The minimum Gasteiger partial charge on any atom is -0.351 e. The van der Waals surface area contributed by atoms with Crippen LogP contribution in [0.15, 0.2) is 0 Å². The van der Waals surface area contributed by atoms with Gasteiger partial charge in [-0.05, 0) is 12.8 Å². The predicted molar refractivity (Wildman–Crippen MR) is 50.4 cm³/mol.